The van der Waals surface area contributed by atoms with Crippen molar-refractivity contribution in [3.05, 3.63) is 0 Å². The molecule has 126 valence electrons. The third-order valence-electron chi connectivity index (χ3n) is 3.20. The van der Waals surface area contributed by atoms with Gasteiger partial charge in [0.15, 0.2) is 0 Å². The molecule has 0 bridgehead atoms. The molecular formula is C10H21O10P. The minimum Gasteiger partial charge on any atom is -0.394 e. The van der Waals surface area contributed by atoms with Crippen molar-refractivity contribution in [3.63, 3.8) is 0 Å². The van der Waals surface area contributed by atoms with Gasteiger partial charge in [0.05, 0.1) is 18.8 Å². The molecule has 0 unspecified atom stereocenters. The Morgan fingerprint density at radius 1 is 1.19 bits per heavy atom. The number of hydrogen-bond acceptors (Lipinski definition) is 8. The van der Waals surface area contributed by atoms with Crippen LogP contribution in [0.1, 0.15) is 13.3 Å². The summed E-state index contributed by atoms with van der Waals surface area (Å²) in [5, 5.41) is 47.6. The van der Waals surface area contributed by atoms with Gasteiger partial charge in [-0.25, -0.2) is 4.57 Å². The van der Waals surface area contributed by atoms with Crippen molar-refractivity contribution >= 4 is 7.82 Å². The summed E-state index contributed by atoms with van der Waals surface area (Å²) in [6, 6.07) is 0. The van der Waals surface area contributed by atoms with Crippen LogP contribution in [0, 0.1) is 0 Å². The number of hydrogen-bond donors (Lipinski definition) is 7. The molecule has 21 heavy (non-hydrogen) atoms. The van der Waals surface area contributed by atoms with Crippen LogP contribution >= 0.6 is 7.82 Å². The van der Waals surface area contributed by atoms with E-state index in [1.165, 1.54) is 6.92 Å². The Hall–Kier alpha value is -0.130. The molecule has 11 heteroatoms. The van der Waals surface area contributed by atoms with E-state index in [1.807, 2.05) is 0 Å². The van der Waals surface area contributed by atoms with E-state index in [0.29, 0.717) is 0 Å². The lowest BCUT2D eigenvalue weighted by Crippen LogP contribution is -2.61. The average Bonchev–Trinajstić information content (AvgIpc) is 2.36. The molecule has 1 saturated heterocycles. The molecule has 1 aliphatic heterocycles. The maximum Gasteiger partial charge on any atom is 0.469 e. The molecule has 0 aromatic heterocycles. The van der Waals surface area contributed by atoms with Crippen molar-refractivity contribution in [2.24, 2.45) is 0 Å². The fourth-order valence-corrected chi connectivity index (χ4v) is 2.76. The minimum absolute atomic E-state index is 0.204. The third-order valence-corrected chi connectivity index (χ3v) is 3.83. The van der Waals surface area contributed by atoms with Gasteiger partial charge in [-0.3, -0.25) is 4.52 Å². The summed E-state index contributed by atoms with van der Waals surface area (Å²) in [5.74, 6) is 0. The van der Waals surface area contributed by atoms with Gasteiger partial charge in [-0.1, -0.05) is 0 Å². The number of aliphatic hydroxyl groups is 5. The van der Waals surface area contributed by atoms with Gasteiger partial charge in [-0.2, -0.15) is 0 Å². The van der Waals surface area contributed by atoms with Crippen molar-refractivity contribution in [3.8, 4) is 0 Å². The summed E-state index contributed by atoms with van der Waals surface area (Å²) in [7, 11) is -4.72. The topological polar surface area (TPSA) is 177 Å². The molecule has 0 radical (unpaired) electrons. The van der Waals surface area contributed by atoms with E-state index in [9.17, 15) is 25.0 Å². The molecule has 0 aliphatic carbocycles. The maximum atomic E-state index is 10.7. The zero-order chi connectivity index (χ0) is 16.4. The van der Waals surface area contributed by atoms with Crippen molar-refractivity contribution in [2.75, 3.05) is 6.61 Å². The van der Waals surface area contributed by atoms with Gasteiger partial charge in [0, 0.05) is 6.42 Å². The van der Waals surface area contributed by atoms with Crippen LogP contribution in [0.5, 0.6) is 0 Å². The van der Waals surface area contributed by atoms with Crippen LogP contribution in [0.25, 0.3) is 0 Å². The largest absolute Gasteiger partial charge is 0.469 e. The SMILES string of the molecule is C[C@@H](C[C@@H]1O[C@H]([C@@H](O)CO)[C@@H](O)[C@H](O)[C@@H]1O)OP(=O)(O)O. The summed E-state index contributed by atoms with van der Waals surface area (Å²) >= 11 is 0. The summed E-state index contributed by atoms with van der Waals surface area (Å²) in [6.07, 6.45) is -9.98. The average molecular weight is 332 g/mol. The van der Waals surface area contributed by atoms with Crippen LogP contribution in [0.3, 0.4) is 0 Å². The van der Waals surface area contributed by atoms with Crippen LogP contribution in [0.2, 0.25) is 0 Å². The standard InChI is InChI=1S/C10H21O10P/c1-4(20-21(16,17)18)2-6-7(13)8(14)9(15)10(19-6)5(12)3-11/h4-15H,2-3H2,1H3,(H2,16,17,18)/t4-,5-,6-,7+,8+,9-,10+/m0/s1. The highest BCUT2D eigenvalue weighted by atomic mass is 31.2. The van der Waals surface area contributed by atoms with Gasteiger partial charge >= 0.3 is 7.82 Å². The molecule has 0 amide bonds. The summed E-state index contributed by atoms with van der Waals surface area (Å²) < 4.78 is 20.3. The predicted molar refractivity (Wildman–Crippen MR) is 67.0 cm³/mol. The zero-order valence-corrected chi connectivity index (χ0v) is 12.2. The molecular weight excluding hydrogens is 311 g/mol. The molecule has 1 fully saturated rings. The monoisotopic (exact) mass is 332 g/mol. The predicted octanol–water partition coefficient (Wildman–Crippen LogP) is -2.92. The molecule has 0 spiro atoms. The highest BCUT2D eigenvalue weighted by Gasteiger charge is 2.46. The van der Waals surface area contributed by atoms with E-state index in [1.54, 1.807) is 0 Å². The first-order valence-corrected chi connectivity index (χ1v) is 7.82. The number of aliphatic hydroxyl groups excluding tert-OH is 5. The van der Waals surface area contributed by atoms with Crippen molar-refractivity contribution in [1.82, 2.24) is 0 Å². The molecule has 0 saturated carbocycles. The Balaban J connectivity index is 2.74. The Kier molecular flexibility index (Phi) is 6.69. The molecule has 0 aromatic rings. The second-order valence-corrected chi connectivity index (χ2v) is 6.20. The number of ether oxygens (including phenoxy) is 1. The molecule has 1 heterocycles. The first-order valence-electron chi connectivity index (χ1n) is 6.29. The van der Waals surface area contributed by atoms with Crippen molar-refractivity contribution in [1.29, 1.82) is 0 Å². The van der Waals surface area contributed by atoms with Crippen LogP contribution < -0.4 is 0 Å². The third kappa shape index (κ3) is 5.22. The fraction of sp³-hybridized carbons (Fsp3) is 1.00. The highest BCUT2D eigenvalue weighted by molar-refractivity contribution is 7.46. The Labute approximate surface area is 120 Å². The van der Waals surface area contributed by atoms with E-state index < -0.39 is 57.2 Å². The smallest absolute Gasteiger partial charge is 0.394 e. The fourth-order valence-electron chi connectivity index (χ4n) is 2.20. The minimum atomic E-state index is -4.72. The van der Waals surface area contributed by atoms with Crippen LogP contribution in [-0.4, -0.2) is 84.7 Å². The van der Waals surface area contributed by atoms with E-state index in [-0.39, 0.29) is 6.42 Å². The highest BCUT2D eigenvalue weighted by Crippen LogP contribution is 2.39. The lowest BCUT2D eigenvalue weighted by molar-refractivity contribution is -0.249. The van der Waals surface area contributed by atoms with E-state index in [2.05, 4.69) is 4.52 Å². The van der Waals surface area contributed by atoms with Crippen molar-refractivity contribution in [2.45, 2.75) is 56.1 Å². The Bertz CT molecular complexity index is 373. The number of phosphoric ester groups is 1. The van der Waals surface area contributed by atoms with Crippen LogP contribution in [0.4, 0.5) is 0 Å². The van der Waals surface area contributed by atoms with E-state index in [0.717, 1.165) is 0 Å². The molecule has 10 nitrogen and oxygen atoms in total. The van der Waals surface area contributed by atoms with Crippen LogP contribution in [-0.2, 0) is 13.8 Å². The molecule has 1 aliphatic rings. The summed E-state index contributed by atoms with van der Waals surface area (Å²) in [5.41, 5.74) is 0. The summed E-state index contributed by atoms with van der Waals surface area (Å²) in [6.45, 7) is 0.593. The molecule has 7 N–H and O–H groups in total. The number of phosphoric acid groups is 1. The molecule has 1 rings (SSSR count). The quantitative estimate of drug-likeness (QED) is 0.249. The lowest BCUT2D eigenvalue weighted by atomic mass is 9.90. The molecule has 7 atom stereocenters. The lowest BCUT2D eigenvalue weighted by Gasteiger charge is -2.42. The van der Waals surface area contributed by atoms with Crippen molar-refractivity contribution < 1.29 is 49.1 Å². The van der Waals surface area contributed by atoms with Gasteiger partial charge in [-0.15, -0.1) is 0 Å². The first-order chi connectivity index (χ1) is 9.56. The first kappa shape index (κ1) is 18.9. The van der Waals surface area contributed by atoms with Gasteiger partial charge < -0.3 is 40.1 Å². The van der Waals surface area contributed by atoms with Gasteiger partial charge in [0.2, 0.25) is 0 Å². The second-order valence-electron chi connectivity index (χ2n) is 5.00. The van der Waals surface area contributed by atoms with E-state index in [4.69, 9.17) is 19.6 Å². The second kappa shape index (κ2) is 7.42. The maximum absolute atomic E-state index is 10.7. The van der Waals surface area contributed by atoms with Crippen LogP contribution in [0.15, 0.2) is 0 Å². The Morgan fingerprint density at radius 3 is 2.24 bits per heavy atom. The normalized spacial score (nSPS) is 37.2. The van der Waals surface area contributed by atoms with Gasteiger partial charge in [0.1, 0.15) is 30.5 Å². The summed E-state index contributed by atoms with van der Waals surface area (Å²) in [4.78, 5) is 17.4. The van der Waals surface area contributed by atoms with Gasteiger partial charge in [0.25, 0.3) is 0 Å². The Morgan fingerprint density at radius 2 is 1.76 bits per heavy atom. The van der Waals surface area contributed by atoms with E-state index >= 15 is 0 Å². The number of rotatable bonds is 6. The molecule has 0 aromatic carbocycles. The zero-order valence-electron chi connectivity index (χ0n) is 11.3. The van der Waals surface area contributed by atoms with Gasteiger partial charge in [-0.05, 0) is 6.92 Å².